The first-order chi connectivity index (χ1) is 20.7. The first-order valence-corrected chi connectivity index (χ1v) is 13.6. The molecule has 0 aliphatic heterocycles. The molecule has 204 valence electrons. The van der Waals surface area contributed by atoms with E-state index in [-0.39, 0.29) is 5.91 Å². The van der Waals surface area contributed by atoms with Gasteiger partial charge in [0.2, 0.25) is 0 Å². The zero-order valence-corrected chi connectivity index (χ0v) is 22.8. The third kappa shape index (κ3) is 6.18. The number of hydrazone groups is 1. The summed E-state index contributed by atoms with van der Waals surface area (Å²) in [7, 11) is 0. The van der Waals surface area contributed by atoms with Crippen LogP contribution in [0.15, 0.2) is 151 Å². The zero-order valence-electron chi connectivity index (χ0n) is 22.8. The van der Waals surface area contributed by atoms with Gasteiger partial charge < -0.3 is 4.74 Å². The van der Waals surface area contributed by atoms with Gasteiger partial charge in [-0.15, -0.1) is 0 Å². The molecule has 0 radical (unpaired) electrons. The van der Waals surface area contributed by atoms with Gasteiger partial charge in [-0.3, -0.25) is 4.79 Å². The van der Waals surface area contributed by atoms with Crippen molar-refractivity contribution in [3.8, 4) is 33.8 Å². The maximum atomic E-state index is 12.8. The van der Waals surface area contributed by atoms with Crippen LogP contribution in [0.4, 0.5) is 0 Å². The Hall–Kier alpha value is -5.75. The normalized spacial score (nSPS) is 11.0. The number of benzene rings is 5. The second kappa shape index (κ2) is 12.6. The van der Waals surface area contributed by atoms with Gasteiger partial charge in [-0.25, -0.2) is 10.1 Å². The summed E-state index contributed by atoms with van der Waals surface area (Å²) >= 11 is 0. The molecule has 0 atom stereocenters. The van der Waals surface area contributed by atoms with Crippen LogP contribution in [0.2, 0.25) is 0 Å². The average molecular weight is 549 g/mol. The van der Waals surface area contributed by atoms with Crippen LogP contribution in [0.5, 0.6) is 5.75 Å². The molecule has 1 N–H and O–H groups in total. The van der Waals surface area contributed by atoms with Crippen molar-refractivity contribution in [2.24, 2.45) is 5.10 Å². The minimum absolute atomic E-state index is 0.301. The Balaban J connectivity index is 1.12. The number of amides is 1. The van der Waals surface area contributed by atoms with Crippen LogP contribution in [0, 0.1) is 0 Å². The summed E-state index contributed by atoms with van der Waals surface area (Å²) in [6.07, 6.45) is 3.52. The van der Waals surface area contributed by atoms with Gasteiger partial charge in [0.15, 0.2) is 0 Å². The average Bonchev–Trinajstić information content (AvgIpc) is 3.49. The van der Waals surface area contributed by atoms with Crippen molar-refractivity contribution in [1.82, 2.24) is 15.2 Å². The Kier molecular flexibility index (Phi) is 7.95. The maximum Gasteiger partial charge on any atom is 0.271 e. The molecule has 1 aromatic heterocycles. The van der Waals surface area contributed by atoms with Crippen molar-refractivity contribution in [3.63, 3.8) is 0 Å². The third-order valence-electron chi connectivity index (χ3n) is 6.76. The number of para-hydroxylation sites is 2. The minimum Gasteiger partial charge on any atom is -0.488 e. The van der Waals surface area contributed by atoms with E-state index in [0.29, 0.717) is 12.2 Å². The molecule has 0 aliphatic carbocycles. The minimum atomic E-state index is -0.301. The standard InChI is InChI=1S/C36H28N4O2/c41-36(30-22-20-27(21-23-30)26-42-34-19-11-10-18-33(34)28-12-4-1-5-13-28)38-37-24-31-25-40(32-16-8-3-9-17-32)39-35(31)29-14-6-2-7-15-29/h1-25H,26H2,(H,38,41). The van der Waals surface area contributed by atoms with Crippen molar-refractivity contribution in [1.29, 1.82) is 0 Å². The van der Waals surface area contributed by atoms with Crippen LogP contribution < -0.4 is 10.2 Å². The first kappa shape index (κ1) is 26.5. The number of aromatic nitrogens is 2. The Morgan fingerprint density at radius 1 is 0.738 bits per heavy atom. The molecule has 1 heterocycles. The molecule has 6 nitrogen and oxygen atoms in total. The van der Waals surface area contributed by atoms with E-state index in [0.717, 1.165) is 44.9 Å². The molecule has 6 aromatic rings. The summed E-state index contributed by atoms with van der Waals surface area (Å²) < 4.78 is 7.95. The summed E-state index contributed by atoms with van der Waals surface area (Å²) in [4.78, 5) is 12.8. The summed E-state index contributed by atoms with van der Waals surface area (Å²) in [6.45, 7) is 0.386. The highest BCUT2D eigenvalue weighted by atomic mass is 16.5. The number of ether oxygens (including phenoxy) is 1. The molecule has 0 aliphatic rings. The fraction of sp³-hybridized carbons (Fsp3) is 0.0278. The number of carbonyl (C=O) groups is 1. The summed E-state index contributed by atoms with van der Waals surface area (Å²) in [5, 5.41) is 9.02. The van der Waals surface area contributed by atoms with E-state index in [1.54, 1.807) is 18.3 Å². The molecular formula is C36H28N4O2. The van der Waals surface area contributed by atoms with E-state index >= 15 is 0 Å². The van der Waals surface area contributed by atoms with Gasteiger partial charge in [0.05, 0.1) is 11.9 Å². The van der Waals surface area contributed by atoms with Gasteiger partial charge in [0.1, 0.15) is 18.1 Å². The quantitative estimate of drug-likeness (QED) is 0.150. The van der Waals surface area contributed by atoms with Crippen LogP contribution >= 0.6 is 0 Å². The highest BCUT2D eigenvalue weighted by Crippen LogP contribution is 2.30. The topological polar surface area (TPSA) is 68.5 Å². The number of hydrogen-bond donors (Lipinski definition) is 1. The lowest BCUT2D eigenvalue weighted by molar-refractivity contribution is 0.0955. The van der Waals surface area contributed by atoms with Crippen molar-refractivity contribution < 1.29 is 9.53 Å². The lowest BCUT2D eigenvalue weighted by Crippen LogP contribution is -2.17. The van der Waals surface area contributed by atoms with E-state index in [1.165, 1.54) is 0 Å². The molecule has 42 heavy (non-hydrogen) atoms. The lowest BCUT2D eigenvalue weighted by Gasteiger charge is -2.12. The van der Waals surface area contributed by atoms with Crippen LogP contribution in [0.25, 0.3) is 28.1 Å². The molecule has 6 rings (SSSR count). The van der Waals surface area contributed by atoms with Crippen LogP contribution in [-0.4, -0.2) is 21.9 Å². The molecule has 0 bridgehead atoms. The molecule has 0 fully saturated rings. The molecule has 1 amide bonds. The second-order valence-electron chi connectivity index (χ2n) is 9.63. The Morgan fingerprint density at radius 2 is 1.36 bits per heavy atom. The van der Waals surface area contributed by atoms with Crippen molar-refractivity contribution in [2.45, 2.75) is 6.61 Å². The van der Waals surface area contributed by atoms with E-state index in [4.69, 9.17) is 9.84 Å². The number of nitrogens with one attached hydrogen (secondary N) is 1. The van der Waals surface area contributed by atoms with Crippen molar-refractivity contribution in [3.05, 3.63) is 162 Å². The molecular weight excluding hydrogens is 520 g/mol. The van der Waals surface area contributed by atoms with Crippen molar-refractivity contribution in [2.75, 3.05) is 0 Å². The fourth-order valence-electron chi connectivity index (χ4n) is 4.60. The highest BCUT2D eigenvalue weighted by Gasteiger charge is 2.12. The fourth-order valence-corrected chi connectivity index (χ4v) is 4.60. The molecule has 0 saturated heterocycles. The van der Waals surface area contributed by atoms with Gasteiger partial charge in [0, 0.05) is 28.5 Å². The van der Waals surface area contributed by atoms with Gasteiger partial charge in [-0.05, 0) is 41.5 Å². The third-order valence-corrected chi connectivity index (χ3v) is 6.76. The second-order valence-corrected chi connectivity index (χ2v) is 9.63. The number of rotatable bonds is 9. The van der Waals surface area contributed by atoms with E-state index in [1.807, 2.05) is 126 Å². The smallest absolute Gasteiger partial charge is 0.271 e. The first-order valence-electron chi connectivity index (χ1n) is 13.6. The summed E-state index contributed by atoms with van der Waals surface area (Å²) in [5.74, 6) is 0.509. The number of hydrogen-bond acceptors (Lipinski definition) is 4. The van der Waals surface area contributed by atoms with E-state index in [9.17, 15) is 4.79 Å². The molecule has 0 spiro atoms. The van der Waals surface area contributed by atoms with E-state index < -0.39 is 0 Å². The van der Waals surface area contributed by atoms with Gasteiger partial charge in [0.25, 0.3) is 5.91 Å². The largest absolute Gasteiger partial charge is 0.488 e. The number of carbonyl (C=O) groups excluding carboxylic acids is 1. The van der Waals surface area contributed by atoms with Crippen LogP contribution in [-0.2, 0) is 6.61 Å². The zero-order chi connectivity index (χ0) is 28.6. The number of nitrogens with zero attached hydrogens (tertiary/aromatic N) is 3. The van der Waals surface area contributed by atoms with Gasteiger partial charge in [-0.1, -0.05) is 109 Å². The predicted molar refractivity (Wildman–Crippen MR) is 167 cm³/mol. The highest BCUT2D eigenvalue weighted by molar-refractivity contribution is 5.95. The van der Waals surface area contributed by atoms with Gasteiger partial charge >= 0.3 is 0 Å². The maximum absolute atomic E-state index is 12.8. The Morgan fingerprint density at radius 3 is 2.07 bits per heavy atom. The van der Waals surface area contributed by atoms with Crippen LogP contribution in [0.3, 0.4) is 0 Å². The Labute approximate surface area is 244 Å². The lowest BCUT2D eigenvalue weighted by atomic mass is 10.0. The molecule has 0 saturated carbocycles. The van der Waals surface area contributed by atoms with Gasteiger partial charge in [-0.2, -0.15) is 10.2 Å². The molecule has 0 unspecified atom stereocenters. The molecule has 6 heteroatoms. The van der Waals surface area contributed by atoms with Crippen LogP contribution in [0.1, 0.15) is 21.5 Å². The predicted octanol–water partition coefficient (Wildman–Crippen LogP) is 7.55. The monoisotopic (exact) mass is 548 g/mol. The van der Waals surface area contributed by atoms with Crippen molar-refractivity contribution >= 4 is 12.1 Å². The summed E-state index contributed by atoms with van der Waals surface area (Å²) in [5.41, 5.74) is 9.70. The Bertz CT molecular complexity index is 1800. The van der Waals surface area contributed by atoms with E-state index in [2.05, 4.69) is 22.7 Å². The molecule has 5 aromatic carbocycles. The summed E-state index contributed by atoms with van der Waals surface area (Å²) in [6, 6.07) is 45.2. The SMILES string of the molecule is O=C(NN=Cc1cn(-c2ccccc2)nc1-c1ccccc1)c1ccc(COc2ccccc2-c2ccccc2)cc1.